The minimum atomic E-state index is -0.672. The second-order valence-corrected chi connectivity index (χ2v) is 5.97. The van der Waals surface area contributed by atoms with E-state index in [-0.39, 0.29) is 5.91 Å². The first kappa shape index (κ1) is 13.4. The molecule has 4 nitrogen and oxygen atoms in total. The van der Waals surface area contributed by atoms with Crippen LogP contribution in [0.5, 0.6) is 0 Å². The molecule has 1 aromatic carbocycles. The lowest BCUT2D eigenvalue weighted by atomic mass is 9.95. The van der Waals surface area contributed by atoms with Crippen molar-refractivity contribution in [1.82, 2.24) is 4.90 Å². The molecule has 2 rings (SSSR count). The van der Waals surface area contributed by atoms with E-state index < -0.39 is 5.54 Å². The largest absolute Gasteiger partial charge is 0.370 e. The molecule has 0 saturated carbocycles. The lowest BCUT2D eigenvalue weighted by Crippen LogP contribution is -2.52. The van der Waals surface area contributed by atoms with Gasteiger partial charge in [0.05, 0.1) is 0 Å². The molecule has 0 aliphatic carbocycles. The van der Waals surface area contributed by atoms with Crippen LogP contribution in [-0.2, 0) is 4.79 Å². The van der Waals surface area contributed by atoms with E-state index in [9.17, 15) is 4.79 Å². The summed E-state index contributed by atoms with van der Waals surface area (Å²) in [5.41, 5.74) is 5.84. The average molecular weight is 312 g/mol. The smallest absolute Gasteiger partial charge is 0.244 e. The van der Waals surface area contributed by atoms with E-state index in [4.69, 9.17) is 5.73 Å². The van der Waals surface area contributed by atoms with E-state index in [2.05, 4.69) is 33.1 Å². The summed E-state index contributed by atoms with van der Waals surface area (Å²) in [6.07, 6.45) is 0.728. The molecule has 1 aliphatic heterocycles. The van der Waals surface area contributed by atoms with Gasteiger partial charge in [-0.3, -0.25) is 4.79 Å². The van der Waals surface area contributed by atoms with Crippen LogP contribution in [0, 0.1) is 0 Å². The highest BCUT2D eigenvalue weighted by Gasteiger charge is 2.45. The number of nitrogens with two attached hydrogens (primary N) is 1. The Morgan fingerprint density at radius 3 is 2.83 bits per heavy atom. The Morgan fingerprint density at radius 1 is 1.61 bits per heavy atom. The molecule has 1 aliphatic rings. The number of benzene rings is 1. The Kier molecular flexibility index (Phi) is 3.64. The van der Waals surface area contributed by atoms with Gasteiger partial charge in [0.1, 0.15) is 5.54 Å². The number of likely N-dealkylation sites (N-methyl/N-ethyl adjacent to an activating group) is 1. The summed E-state index contributed by atoms with van der Waals surface area (Å²) in [6, 6.07) is 8.12. The van der Waals surface area contributed by atoms with Crippen molar-refractivity contribution in [1.29, 1.82) is 0 Å². The van der Waals surface area contributed by atoms with Gasteiger partial charge in [0.15, 0.2) is 0 Å². The van der Waals surface area contributed by atoms with E-state index in [0.29, 0.717) is 12.6 Å². The number of likely N-dealkylation sites (tertiary alicyclic amines) is 1. The predicted octanol–water partition coefficient (Wildman–Crippen LogP) is 1.81. The Bertz CT molecular complexity index is 453. The van der Waals surface area contributed by atoms with Crippen LogP contribution in [0.3, 0.4) is 0 Å². The normalized spacial score (nSPS) is 28.3. The topological polar surface area (TPSA) is 58.4 Å². The van der Waals surface area contributed by atoms with Gasteiger partial charge in [0.25, 0.3) is 0 Å². The third-order valence-electron chi connectivity index (χ3n) is 3.60. The lowest BCUT2D eigenvalue weighted by molar-refractivity contribution is -0.121. The number of halogens is 1. The fraction of sp³-hybridized carbons (Fsp3) is 0.462. The van der Waals surface area contributed by atoms with Gasteiger partial charge in [-0.25, -0.2) is 0 Å². The van der Waals surface area contributed by atoms with Crippen LogP contribution in [-0.4, -0.2) is 36.0 Å². The van der Waals surface area contributed by atoms with Crippen molar-refractivity contribution in [2.45, 2.75) is 24.9 Å². The Balaban J connectivity index is 2.25. The van der Waals surface area contributed by atoms with Gasteiger partial charge in [-0.15, -0.1) is 0 Å². The third-order valence-corrected chi connectivity index (χ3v) is 4.09. The number of nitrogens with one attached hydrogen (secondary N) is 1. The molecule has 0 radical (unpaired) electrons. The predicted molar refractivity (Wildman–Crippen MR) is 76.4 cm³/mol. The van der Waals surface area contributed by atoms with Gasteiger partial charge in [-0.1, -0.05) is 22.0 Å². The maximum Gasteiger partial charge on any atom is 0.244 e. The van der Waals surface area contributed by atoms with Crippen molar-refractivity contribution in [2.24, 2.45) is 5.73 Å². The van der Waals surface area contributed by atoms with Crippen LogP contribution < -0.4 is 11.1 Å². The van der Waals surface area contributed by atoms with Crippen LogP contribution in [0.1, 0.15) is 13.3 Å². The Morgan fingerprint density at radius 2 is 2.33 bits per heavy atom. The molecule has 0 spiro atoms. The number of carbonyl (C=O) groups excluding carboxylic acids is 1. The quantitative estimate of drug-likeness (QED) is 0.895. The molecule has 1 fully saturated rings. The van der Waals surface area contributed by atoms with E-state index in [1.807, 2.05) is 31.3 Å². The molecule has 1 saturated heterocycles. The fourth-order valence-electron chi connectivity index (χ4n) is 2.48. The second-order valence-electron chi connectivity index (χ2n) is 5.05. The van der Waals surface area contributed by atoms with E-state index in [0.717, 1.165) is 16.6 Å². The highest BCUT2D eigenvalue weighted by atomic mass is 79.9. The molecule has 1 amide bonds. The van der Waals surface area contributed by atoms with E-state index in [1.165, 1.54) is 0 Å². The summed E-state index contributed by atoms with van der Waals surface area (Å²) < 4.78 is 0.978. The van der Waals surface area contributed by atoms with Crippen LogP contribution in [0.2, 0.25) is 0 Å². The molecule has 2 atom stereocenters. The number of hydrogen-bond acceptors (Lipinski definition) is 3. The molecule has 5 heteroatoms. The summed E-state index contributed by atoms with van der Waals surface area (Å²) >= 11 is 3.42. The van der Waals surface area contributed by atoms with Gasteiger partial charge in [-0.2, -0.15) is 0 Å². The van der Waals surface area contributed by atoms with E-state index in [1.54, 1.807) is 0 Å². The number of hydrogen-bond donors (Lipinski definition) is 2. The molecule has 2 unspecified atom stereocenters. The summed E-state index contributed by atoms with van der Waals surface area (Å²) in [7, 11) is 2.01. The van der Waals surface area contributed by atoms with Crippen molar-refractivity contribution in [3.05, 3.63) is 28.7 Å². The summed E-state index contributed by atoms with van der Waals surface area (Å²) in [5.74, 6) is -0.293. The van der Waals surface area contributed by atoms with Crippen LogP contribution in [0.25, 0.3) is 0 Å². The Hall–Kier alpha value is -1.07. The molecule has 0 bridgehead atoms. The van der Waals surface area contributed by atoms with Crippen LogP contribution >= 0.6 is 15.9 Å². The Labute approximate surface area is 116 Å². The number of nitrogens with zero attached hydrogens (tertiary/aromatic N) is 1. The molecular formula is C13H18BrN3O. The first-order valence-corrected chi connectivity index (χ1v) is 6.76. The minimum Gasteiger partial charge on any atom is -0.370 e. The monoisotopic (exact) mass is 311 g/mol. The van der Waals surface area contributed by atoms with Crippen molar-refractivity contribution < 1.29 is 4.79 Å². The first-order chi connectivity index (χ1) is 8.43. The minimum absolute atomic E-state index is 0.293. The second kappa shape index (κ2) is 4.90. The number of carbonyl (C=O) groups is 1. The average Bonchev–Trinajstić information content (AvgIpc) is 2.55. The van der Waals surface area contributed by atoms with Crippen molar-refractivity contribution >= 4 is 27.5 Å². The number of amides is 1. The zero-order chi connectivity index (χ0) is 13.3. The van der Waals surface area contributed by atoms with Crippen LogP contribution in [0.15, 0.2) is 28.7 Å². The summed E-state index contributed by atoms with van der Waals surface area (Å²) in [4.78, 5) is 14.0. The van der Waals surface area contributed by atoms with Gasteiger partial charge in [0, 0.05) is 22.7 Å². The standard InChI is InChI=1S/C13H18BrN3O/c1-9-7-13(12(15)18,8-17(9)2)16-11-5-3-4-10(14)6-11/h3-6,9,16H,7-8H2,1-2H3,(H2,15,18). The third kappa shape index (κ3) is 2.52. The zero-order valence-electron chi connectivity index (χ0n) is 10.6. The highest BCUT2D eigenvalue weighted by Crippen LogP contribution is 2.30. The highest BCUT2D eigenvalue weighted by molar-refractivity contribution is 9.10. The molecule has 3 N–H and O–H groups in total. The van der Waals surface area contributed by atoms with Gasteiger partial charge in [0.2, 0.25) is 5.91 Å². The van der Waals surface area contributed by atoms with Gasteiger partial charge >= 0.3 is 0 Å². The molecule has 18 heavy (non-hydrogen) atoms. The number of rotatable bonds is 3. The zero-order valence-corrected chi connectivity index (χ0v) is 12.2. The maximum absolute atomic E-state index is 11.8. The fourth-order valence-corrected chi connectivity index (χ4v) is 2.88. The first-order valence-electron chi connectivity index (χ1n) is 5.97. The van der Waals surface area contributed by atoms with E-state index >= 15 is 0 Å². The van der Waals surface area contributed by atoms with Gasteiger partial charge < -0.3 is 16.0 Å². The number of primary amides is 1. The maximum atomic E-state index is 11.8. The number of anilines is 1. The van der Waals surface area contributed by atoms with Crippen molar-refractivity contribution in [3.8, 4) is 0 Å². The SMILES string of the molecule is CC1CC(Nc2cccc(Br)c2)(C(N)=O)CN1C. The molecular weight excluding hydrogens is 294 g/mol. The molecule has 1 heterocycles. The summed E-state index contributed by atoms with van der Waals surface area (Å²) in [6.45, 7) is 2.74. The lowest BCUT2D eigenvalue weighted by Gasteiger charge is -2.28. The molecule has 98 valence electrons. The molecule has 1 aromatic rings. The summed E-state index contributed by atoms with van der Waals surface area (Å²) in [5, 5.41) is 3.31. The van der Waals surface area contributed by atoms with Crippen LogP contribution in [0.4, 0.5) is 5.69 Å². The van der Waals surface area contributed by atoms with Crippen molar-refractivity contribution in [3.63, 3.8) is 0 Å². The molecule has 0 aromatic heterocycles. The van der Waals surface area contributed by atoms with Gasteiger partial charge in [-0.05, 0) is 38.6 Å². The van der Waals surface area contributed by atoms with Crippen molar-refractivity contribution in [2.75, 3.05) is 18.9 Å².